The number of nitrogen functional groups attached to an aromatic ring is 1. The van der Waals surface area contributed by atoms with Crippen LogP contribution in [0.5, 0.6) is 5.75 Å². The summed E-state index contributed by atoms with van der Waals surface area (Å²) in [5.41, 5.74) is 8.42. The first kappa shape index (κ1) is 20.3. The second kappa shape index (κ2) is 7.91. The molecule has 1 aromatic carbocycles. The molecule has 0 spiro atoms. The van der Waals surface area contributed by atoms with Crippen molar-refractivity contribution in [1.82, 2.24) is 34.5 Å². The highest BCUT2D eigenvalue weighted by Crippen LogP contribution is 2.30. The SMILES string of the molecule is CC(c1cn(-c2ncccc2F)nn1)n1ccc2c(N)nc(-c3ccc(OC4CC4)cc3)nc21. The molecule has 1 unspecified atom stereocenters. The van der Waals surface area contributed by atoms with Gasteiger partial charge in [0.1, 0.15) is 22.9 Å². The maximum absolute atomic E-state index is 14.1. The number of rotatable bonds is 6. The van der Waals surface area contributed by atoms with E-state index < -0.39 is 5.82 Å². The van der Waals surface area contributed by atoms with Crippen LogP contribution in [-0.4, -0.2) is 40.6 Å². The summed E-state index contributed by atoms with van der Waals surface area (Å²) in [5.74, 6) is 1.37. The molecule has 0 radical (unpaired) electrons. The fourth-order valence-corrected chi connectivity index (χ4v) is 3.82. The Hall–Kier alpha value is -4.34. The Morgan fingerprint density at radius 3 is 2.71 bits per heavy atom. The second-order valence-electron chi connectivity index (χ2n) is 8.31. The molecule has 1 aliphatic carbocycles. The van der Waals surface area contributed by atoms with Crippen LogP contribution in [0.25, 0.3) is 28.2 Å². The van der Waals surface area contributed by atoms with Crippen LogP contribution < -0.4 is 10.5 Å². The second-order valence-corrected chi connectivity index (χ2v) is 8.31. The standard InChI is InChI=1S/C24H21FN8O/c1-14(20-13-33(31-30-20)24-19(25)3-2-11-27-24)32-12-10-18-21(26)28-22(29-23(18)32)15-4-6-16(7-5-15)34-17-8-9-17/h2-7,10-14,17H,8-9H2,1H3,(H2,26,28,29). The predicted molar refractivity (Wildman–Crippen MR) is 124 cm³/mol. The third kappa shape index (κ3) is 3.62. The Morgan fingerprint density at radius 2 is 1.94 bits per heavy atom. The van der Waals surface area contributed by atoms with Gasteiger partial charge in [0.25, 0.3) is 0 Å². The molecule has 0 amide bonds. The van der Waals surface area contributed by atoms with Crippen LogP contribution in [0.4, 0.5) is 10.2 Å². The van der Waals surface area contributed by atoms with Crippen molar-refractivity contribution in [3.63, 3.8) is 0 Å². The van der Waals surface area contributed by atoms with Crippen LogP contribution in [0, 0.1) is 5.82 Å². The van der Waals surface area contributed by atoms with Gasteiger partial charge in [0, 0.05) is 18.0 Å². The molecule has 2 N–H and O–H groups in total. The summed E-state index contributed by atoms with van der Waals surface area (Å²) in [5, 5.41) is 9.03. The number of hydrogen-bond donors (Lipinski definition) is 1. The van der Waals surface area contributed by atoms with Crippen LogP contribution in [0.2, 0.25) is 0 Å². The van der Waals surface area contributed by atoms with Gasteiger partial charge in [0.05, 0.1) is 23.7 Å². The summed E-state index contributed by atoms with van der Waals surface area (Å²) in [6.07, 6.45) is 7.61. The van der Waals surface area contributed by atoms with Gasteiger partial charge in [-0.2, -0.15) is 4.68 Å². The predicted octanol–water partition coefficient (Wildman–Crippen LogP) is 3.95. The van der Waals surface area contributed by atoms with Gasteiger partial charge in [-0.1, -0.05) is 5.21 Å². The van der Waals surface area contributed by atoms with E-state index in [0.29, 0.717) is 29.1 Å². The van der Waals surface area contributed by atoms with Crippen molar-refractivity contribution in [2.75, 3.05) is 5.73 Å². The summed E-state index contributed by atoms with van der Waals surface area (Å²) in [6, 6.07) is 12.2. The maximum Gasteiger partial charge on any atom is 0.191 e. The van der Waals surface area contributed by atoms with E-state index in [2.05, 4.69) is 20.3 Å². The molecule has 1 saturated carbocycles. The number of hydrogen-bond acceptors (Lipinski definition) is 7. The van der Waals surface area contributed by atoms with Crippen molar-refractivity contribution >= 4 is 16.9 Å². The van der Waals surface area contributed by atoms with Crippen molar-refractivity contribution in [1.29, 1.82) is 0 Å². The lowest BCUT2D eigenvalue weighted by Crippen LogP contribution is -2.08. The Bertz CT molecular complexity index is 1490. The molecule has 1 aliphatic rings. The van der Waals surface area contributed by atoms with Gasteiger partial charge < -0.3 is 15.0 Å². The van der Waals surface area contributed by atoms with Gasteiger partial charge in [-0.3, -0.25) is 0 Å². The lowest BCUT2D eigenvalue weighted by atomic mass is 10.2. The number of fused-ring (bicyclic) bond motifs is 1. The Kier molecular flexibility index (Phi) is 4.72. The van der Waals surface area contributed by atoms with E-state index in [9.17, 15) is 4.39 Å². The van der Waals surface area contributed by atoms with Gasteiger partial charge in [0.15, 0.2) is 17.5 Å². The summed E-state index contributed by atoms with van der Waals surface area (Å²) in [6.45, 7) is 1.96. The average Bonchev–Trinajstić information content (AvgIpc) is 3.34. The van der Waals surface area contributed by atoms with E-state index in [4.69, 9.17) is 15.5 Å². The van der Waals surface area contributed by atoms with E-state index in [0.717, 1.165) is 29.5 Å². The van der Waals surface area contributed by atoms with Crippen molar-refractivity contribution in [3.05, 3.63) is 72.6 Å². The molecule has 1 atom stereocenters. The zero-order valence-electron chi connectivity index (χ0n) is 18.3. The van der Waals surface area contributed by atoms with E-state index >= 15 is 0 Å². The number of ether oxygens (including phenoxy) is 1. The van der Waals surface area contributed by atoms with Crippen molar-refractivity contribution in [2.24, 2.45) is 0 Å². The molecule has 1 fully saturated rings. The lowest BCUT2D eigenvalue weighted by Gasteiger charge is -2.13. The van der Waals surface area contributed by atoms with Crippen molar-refractivity contribution < 1.29 is 9.13 Å². The minimum atomic E-state index is -0.475. The van der Waals surface area contributed by atoms with Crippen LogP contribution in [0.15, 0.2) is 61.1 Å². The van der Waals surface area contributed by atoms with E-state index in [1.165, 1.54) is 23.0 Å². The summed E-state index contributed by atoms with van der Waals surface area (Å²) < 4.78 is 23.2. The largest absolute Gasteiger partial charge is 0.490 e. The number of benzene rings is 1. The Balaban J connectivity index is 1.34. The highest BCUT2D eigenvalue weighted by Gasteiger charge is 2.23. The van der Waals surface area contributed by atoms with E-state index in [1.54, 1.807) is 6.20 Å². The quantitative estimate of drug-likeness (QED) is 0.412. The minimum absolute atomic E-state index is 0.0915. The monoisotopic (exact) mass is 456 g/mol. The molecular formula is C24H21FN8O. The average molecular weight is 456 g/mol. The third-order valence-electron chi connectivity index (χ3n) is 5.85. The fourth-order valence-electron chi connectivity index (χ4n) is 3.82. The van der Waals surface area contributed by atoms with Crippen LogP contribution >= 0.6 is 0 Å². The zero-order valence-corrected chi connectivity index (χ0v) is 18.3. The topological polar surface area (TPSA) is 110 Å². The molecule has 10 heteroatoms. The van der Waals surface area contributed by atoms with Crippen LogP contribution in [-0.2, 0) is 0 Å². The van der Waals surface area contributed by atoms with Crippen molar-refractivity contribution in [2.45, 2.75) is 31.9 Å². The molecule has 0 saturated heterocycles. The van der Waals surface area contributed by atoms with E-state index in [-0.39, 0.29) is 11.9 Å². The molecule has 170 valence electrons. The zero-order chi connectivity index (χ0) is 23.2. The minimum Gasteiger partial charge on any atom is -0.490 e. The molecule has 0 aliphatic heterocycles. The molecule has 4 aromatic heterocycles. The number of anilines is 1. The first-order chi connectivity index (χ1) is 16.6. The summed E-state index contributed by atoms with van der Waals surface area (Å²) in [7, 11) is 0. The number of aromatic nitrogens is 7. The third-order valence-corrected chi connectivity index (χ3v) is 5.85. The van der Waals surface area contributed by atoms with Gasteiger partial charge >= 0.3 is 0 Å². The maximum atomic E-state index is 14.1. The number of nitrogens with zero attached hydrogens (tertiary/aromatic N) is 7. The van der Waals surface area contributed by atoms with E-state index in [1.807, 2.05) is 48.0 Å². The van der Waals surface area contributed by atoms with Crippen LogP contribution in [0.3, 0.4) is 0 Å². The van der Waals surface area contributed by atoms with Crippen LogP contribution in [0.1, 0.15) is 31.5 Å². The van der Waals surface area contributed by atoms with Gasteiger partial charge in [-0.15, -0.1) is 5.10 Å². The number of nitrogens with two attached hydrogens (primary N) is 1. The van der Waals surface area contributed by atoms with Gasteiger partial charge in [-0.05, 0) is 62.2 Å². The molecule has 6 rings (SSSR count). The first-order valence-electron chi connectivity index (χ1n) is 11.0. The summed E-state index contributed by atoms with van der Waals surface area (Å²) in [4.78, 5) is 13.4. The molecule has 4 heterocycles. The Labute approximate surface area is 194 Å². The van der Waals surface area contributed by atoms with Crippen molar-refractivity contribution in [3.8, 4) is 23.0 Å². The first-order valence-corrected chi connectivity index (χ1v) is 11.0. The molecule has 0 bridgehead atoms. The molecule has 5 aromatic rings. The van der Waals surface area contributed by atoms with Gasteiger partial charge in [0.2, 0.25) is 0 Å². The van der Waals surface area contributed by atoms with Gasteiger partial charge in [-0.25, -0.2) is 19.3 Å². The number of pyridine rings is 1. The normalized spacial score (nSPS) is 14.4. The smallest absolute Gasteiger partial charge is 0.191 e. The number of halogens is 1. The summed E-state index contributed by atoms with van der Waals surface area (Å²) >= 11 is 0. The lowest BCUT2D eigenvalue weighted by molar-refractivity contribution is 0.303. The Morgan fingerprint density at radius 1 is 1.12 bits per heavy atom. The molecular weight excluding hydrogens is 435 g/mol. The molecule has 9 nitrogen and oxygen atoms in total. The molecule has 34 heavy (non-hydrogen) atoms. The highest BCUT2D eigenvalue weighted by molar-refractivity contribution is 5.88. The highest BCUT2D eigenvalue weighted by atomic mass is 19.1. The fraction of sp³-hybridized carbons (Fsp3) is 0.208.